The van der Waals surface area contributed by atoms with E-state index in [2.05, 4.69) is 15.9 Å². The first-order valence-corrected chi connectivity index (χ1v) is 6.50. The maximum Gasteiger partial charge on any atom is 0.303 e. The number of esters is 3. The molecule has 0 radical (unpaired) electrons. The van der Waals surface area contributed by atoms with Gasteiger partial charge in [-0.2, -0.15) is 0 Å². The molecule has 0 aromatic heterocycles. The predicted octanol–water partition coefficient (Wildman–Crippen LogP) is 0.533. The molecule has 1 heterocycles. The lowest BCUT2D eigenvalue weighted by molar-refractivity contribution is -0.212. The van der Waals surface area contributed by atoms with Gasteiger partial charge in [0.05, 0.1) is 6.61 Å². The summed E-state index contributed by atoms with van der Waals surface area (Å²) in [5.41, 5.74) is 0. The minimum atomic E-state index is -0.913. The molecule has 1 fully saturated rings. The van der Waals surface area contributed by atoms with Crippen LogP contribution in [0, 0.1) is 0 Å². The van der Waals surface area contributed by atoms with E-state index in [0.29, 0.717) is 0 Å². The van der Waals surface area contributed by atoms with Crippen LogP contribution in [0.3, 0.4) is 0 Å². The van der Waals surface area contributed by atoms with Crippen molar-refractivity contribution in [2.24, 2.45) is 0 Å². The van der Waals surface area contributed by atoms with Gasteiger partial charge in [-0.3, -0.25) is 14.4 Å². The maximum atomic E-state index is 11.1. The number of halogens is 1. The van der Waals surface area contributed by atoms with E-state index in [9.17, 15) is 14.4 Å². The minimum absolute atomic E-state index is 0.0329. The monoisotopic (exact) mass is 338 g/mol. The van der Waals surface area contributed by atoms with E-state index in [4.69, 9.17) is 18.9 Å². The Morgan fingerprint density at radius 2 is 1.42 bits per heavy atom. The molecule has 0 aromatic rings. The average Bonchev–Trinajstić information content (AvgIpc) is 2.25. The summed E-state index contributed by atoms with van der Waals surface area (Å²) in [6, 6.07) is 0. The molecule has 0 saturated carbocycles. The van der Waals surface area contributed by atoms with Crippen LogP contribution in [-0.2, 0) is 33.3 Å². The third-order valence-corrected chi connectivity index (χ3v) is 3.08. The van der Waals surface area contributed by atoms with E-state index in [0.717, 1.165) is 0 Å². The van der Waals surface area contributed by atoms with Crippen LogP contribution in [0.4, 0.5) is 0 Å². The van der Waals surface area contributed by atoms with E-state index in [-0.39, 0.29) is 6.61 Å². The predicted molar refractivity (Wildman–Crippen MR) is 65.3 cm³/mol. The summed E-state index contributed by atoms with van der Waals surface area (Å²) < 4.78 is 20.4. The number of hydrogen-bond acceptors (Lipinski definition) is 7. The summed E-state index contributed by atoms with van der Waals surface area (Å²) in [7, 11) is 0. The van der Waals surface area contributed by atoms with Crippen LogP contribution in [0.15, 0.2) is 0 Å². The second-order valence-electron chi connectivity index (χ2n) is 3.98. The smallest absolute Gasteiger partial charge is 0.303 e. The lowest BCUT2D eigenvalue weighted by atomic mass is 10.1. The largest absolute Gasteiger partial charge is 0.456 e. The van der Waals surface area contributed by atoms with Crippen molar-refractivity contribution in [3.63, 3.8) is 0 Å². The first-order valence-electron chi connectivity index (χ1n) is 5.58. The molecule has 8 heteroatoms. The highest BCUT2D eigenvalue weighted by molar-refractivity contribution is 9.09. The summed E-state index contributed by atoms with van der Waals surface area (Å²) in [6.07, 6.45) is -2.62. The van der Waals surface area contributed by atoms with Gasteiger partial charge in [-0.05, 0) is 0 Å². The Bertz CT molecular complexity index is 370. The van der Waals surface area contributed by atoms with Gasteiger partial charge in [-0.25, -0.2) is 0 Å². The molecule has 0 bridgehead atoms. The van der Waals surface area contributed by atoms with E-state index in [1.165, 1.54) is 20.8 Å². The van der Waals surface area contributed by atoms with Gasteiger partial charge in [0.25, 0.3) is 0 Å². The van der Waals surface area contributed by atoms with E-state index in [1.807, 2.05) is 0 Å². The first kappa shape index (κ1) is 15.9. The number of rotatable bonds is 3. The lowest BCUT2D eigenvalue weighted by Gasteiger charge is -2.38. The summed E-state index contributed by atoms with van der Waals surface area (Å²) in [5, 5.41) is -0.646. The van der Waals surface area contributed by atoms with Crippen molar-refractivity contribution in [1.82, 2.24) is 0 Å². The fraction of sp³-hybridized carbons (Fsp3) is 0.727. The van der Waals surface area contributed by atoms with E-state index >= 15 is 0 Å². The van der Waals surface area contributed by atoms with Crippen molar-refractivity contribution in [2.45, 2.75) is 44.1 Å². The second kappa shape index (κ2) is 6.85. The SMILES string of the molecule is CC(=O)OC1C(OC(C)=O)[C@H](OC(C)=O)CO[C@H]1Br. The minimum Gasteiger partial charge on any atom is -0.456 e. The van der Waals surface area contributed by atoms with E-state index < -0.39 is 41.2 Å². The van der Waals surface area contributed by atoms with Crippen LogP contribution < -0.4 is 0 Å². The van der Waals surface area contributed by atoms with Crippen LogP contribution in [0.2, 0.25) is 0 Å². The molecule has 19 heavy (non-hydrogen) atoms. The zero-order chi connectivity index (χ0) is 14.6. The van der Waals surface area contributed by atoms with Crippen molar-refractivity contribution >= 4 is 33.8 Å². The van der Waals surface area contributed by atoms with Gasteiger partial charge < -0.3 is 18.9 Å². The molecular weight excluding hydrogens is 324 g/mol. The molecule has 0 amide bonds. The molecule has 0 aliphatic carbocycles. The molecule has 1 aliphatic heterocycles. The normalized spacial score (nSPS) is 30.3. The van der Waals surface area contributed by atoms with Gasteiger partial charge in [0.2, 0.25) is 0 Å². The average molecular weight is 339 g/mol. The molecule has 0 aromatic carbocycles. The Morgan fingerprint density at radius 3 is 1.89 bits per heavy atom. The standard InChI is InChI=1S/C11H15BrO7/c1-5(13)17-8-4-16-11(12)10(19-7(3)15)9(8)18-6(2)14/h8-11H,4H2,1-3H3/t8-,9?,10?,11-/m1/s1. The van der Waals surface area contributed by atoms with Crippen LogP contribution in [0.1, 0.15) is 20.8 Å². The highest BCUT2D eigenvalue weighted by atomic mass is 79.9. The lowest BCUT2D eigenvalue weighted by Crippen LogP contribution is -2.55. The summed E-state index contributed by atoms with van der Waals surface area (Å²) >= 11 is 3.18. The summed E-state index contributed by atoms with van der Waals surface area (Å²) in [4.78, 5) is 33.2. The number of hydrogen-bond donors (Lipinski definition) is 0. The molecule has 1 rings (SSSR count). The Balaban J connectivity index is 2.89. The van der Waals surface area contributed by atoms with Crippen molar-refractivity contribution in [1.29, 1.82) is 0 Å². The molecule has 0 spiro atoms. The highest BCUT2D eigenvalue weighted by Gasteiger charge is 2.45. The molecule has 2 unspecified atom stereocenters. The highest BCUT2D eigenvalue weighted by Crippen LogP contribution is 2.27. The molecule has 1 saturated heterocycles. The third-order valence-electron chi connectivity index (χ3n) is 2.29. The van der Waals surface area contributed by atoms with Gasteiger partial charge in [0.1, 0.15) is 0 Å². The van der Waals surface area contributed by atoms with Gasteiger partial charge in [0.15, 0.2) is 23.3 Å². The molecule has 108 valence electrons. The van der Waals surface area contributed by atoms with Crippen LogP contribution in [0.5, 0.6) is 0 Å². The molecular formula is C11H15BrO7. The fourth-order valence-electron chi connectivity index (χ4n) is 1.70. The summed E-state index contributed by atoms with van der Waals surface area (Å²) in [5.74, 6) is -1.67. The van der Waals surface area contributed by atoms with Crippen molar-refractivity contribution in [2.75, 3.05) is 6.61 Å². The van der Waals surface area contributed by atoms with Crippen molar-refractivity contribution < 1.29 is 33.3 Å². The molecule has 0 N–H and O–H groups in total. The number of carbonyl (C=O) groups is 3. The molecule has 7 nitrogen and oxygen atoms in total. The topological polar surface area (TPSA) is 88.1 Å². The zero-order valence-corrected chi connectivity index (χ0v) is 12.3. The Kier molecular flexibility index (Phi) is 5.74. The first-order chi connectivity index (χ1) is 8.81. The Morgan fingerprint density at radius 1 is 0.947 bits per heavy atom. The van der Waals surface area contributed by atoms with Gasteiger partial charge >= 0.3 is 17.9 Å². The Labute approximate surface area is 118 Å². The van der Waals surface area contributed by atoms with Gasteiger partial charge in [-0.1, -0.05) is 15.9 Å². The van der Waals surface area contributed by atoms with Crippen molar-refractivity contribution in [3.05, 3.63) is 0 Å². The van der Waals surface area contributed by atoms with Gasteiger partial charge in [0, 0.05) is 20.8 Å². The summed E-state index contributed by atoms with van der Waals surface area (Å²) in [6.45, 7) is 3.70. The van der Waals surface area contributed by atoms with Crippen LogP contribution in [0.25, 0.3) is 0 Å². The molecule has 1 aliphatic rings. The van der Waals surface area contributed by atoms with Crippen LogP contribution in [-0.4, -0.2) is 47.8 Å². The third kappa shape index (κ3) is 4.79. The molecule has 4 atom stereocenters. The quantitative estimate of drug-likeness (QED) is 0.421. The Hall–Kier alpha value is -1.15. The second-order valence-corrected chi connectivity index (χ2v) is 4.88. The fourth-order valence-corrected chi connectivity index (χ4v) is 2.26. The van der Waals surface area contributed by atoms with Crippen molar-refractivity contribution in [3.8, 4) is 0 Å². The van der Waals surface area contributed by atoms with Gasteiger partial charge in [-0.15, -0.1) is 0 Å². The zero-order valence-electron chi connectivity index (χ0n) is 10.8. The number of ether oxygens (including phenoxy) is 4. The number of alkyl halides is 1. The maximum absolute atomic E-state index is 11.1. The van der Waals surface area contributed by atoms with E-state index in [1.54, 1.807) is 0 Å². The number of carbonyl (C=O) groups excluding carboxylic acids is 3. The van der Waals surface area contributed by atoms with Crippen LogP contribution >= 0.6 is 15.9 Å².